The monoisotopic (exact) mass is 269 g/mol. The van der Waals surface area contributed by atoms with Crippen molar-refractivity contribution in [1.29, 1.82) is 0 Å². The standard InChI is InChI=1S/C14H12FN5/c1-9-3-5-11(12(15)7-9)10-4-6-13(16-8-10)14-17-19-20(2)18-14/h3-8H,1-2H3. The highest BCUT2D eigenvalue weighted by molar-refractivity contribution is 5.65. The van der Waals surface area contributed by atoms with Crippen LogP contribution in [0.1, 0.15) is 5.56 Å². The first-order valence-electron chi connectivity index (χ1n) is 6.10. The Bertz CT molecular complexity index is 749. The summed E-state index contributed by atoms with van der Waals surface area (Å²) in [4.78, 5) is 5.62. The van der Waals surface area contributed by atoms with E-state index in [9.17, 15) is 4.39 Å². The maximum absolute atomic E-state index is 13.9. The molecule has 0 saturated heterocycles. The van der Waals surface area contributed by atoms with E-state index in [-0.39, 0.29) is 5.82 Å². The third-order valence-electron chi connectivity index (χ3n) is 2.94. The molecule has 6 heteroatoms. The third-order valence-corrected chi connectivity index (χ3v) is 2.94. The fourth-order valence-corrected chi connectivity index (χ4v) is 1.93. The number of hydrogen-bond donors (Lipinski definition) is 0. The van der Waals surface area contributed by atoms with Crippen molar-refractivity contribution in [2.45, 2.75) is 6.92 Å². The van der Waals surface area contributed by atoms with E-state index in [4.69, 9.17) is 0 Å². The predicted molar refractivity (Wildman–Crippen MR) is 72.2 cm³/mol. The summed E-state index contributed by atoms with van der Waals surface area (Å²) in [6.07, 6.45) is 1.61. The zero-order chi connectivity index (χ0) is 14.1. The molecule has 0 aliphatic heterocycles. The fourth-order valence-electron chi connectivity index (χ4n) is 1.93. The summed E-state index contributed by atoms with van der Waals surface area (Å²) in [5, 5.41) is 11.7. The summed E-state index contributed by atoms with van der Waals surface area (Å²) in [6.45, 7) is 1.86. The number of nitrogens with zero attached hydrogens (tertiary/aromatic N) is 5. The van der Waals surface area contributed by atoms with Crippen LogP contribution in [0.3, 0.4) is 0 Å². The van der Waals surface area contributed by atoms with Gasteiger partial charge in [0.25, 0.3) is 0 Å². The number of aromatic nitrogens is 5. The van der Waals surface area contributed by atoms with Crippen LogP contribution in [0.25, 0.3) is 22.6 Å². The molecule has 1 aromatic carbocycles. The average molecular weight is 269 g/mol. The molecule has 0 bridgehead atoms. The first kappa shape index (κ1) is 12.4. The second-order valence-corrected chi connectivity index (χ2v) is 4.52. The van der Waals surface area contributed by atoms with E-state index in [2.05, 4.69) is 20.4 Å². The van der Waals surface area contributed by atoms with E-state index in [0.29, 0.717) is 17.1 Å². The lowest BCUT2D eigenvalue weighted by Gasteiger charge is -2.04. The number of halogens is 1. The molecule has 0 spiro atoms. The Morgan fingerprint density at radius 3 is 2.60 bits per heavy atom. The van der Waals surface area contributed by atoms with Crippen LogP contribution in [0, 0.1) is 12.7 Å². The molecule has 100 valence electrons. The minimum absolute atomic E-state index is 0.253. The minimum atomic E-state index is -0.253. The number of pyridine rings is 1. The van der Waals surface area contributed by atoms with Crippen LogP contribution in [0.5, 0.6) is 0 Å². The zero-order valence-corrected chi connectivity index (χ0v) is 11.1. The molecule has 0 radical (unpaired) electrons. The van der Waals surface area contributed by atoms with Gasteiger partial charge in [-0.1, -0.05) is 18.2 Å². The van der Waals surface area contributed by atoms with E-state index < -0.39 is 0 Å². The molecule has 3 aromatic rings. The van der Waals surface area contributed by atoms with Crippen LogP contribution < -0.4 is 0 Å². The fraction of sp³-hybridized carbons (Fsp3) is 0.143. The van der Waals surface area contributed by atoms with E-state index in [1.165, 1.54) is 10.9 Å². The van der Waals surface area contributed by atoms with Crippen LogP contribution in [-0.2, 0) is 7.05 Å². The van der Waals surface area contributed by atoms with E-state index in [1.54, 1.807) is 31.4 Å². The highest BCUT2D eigenvalue weighted by Gasteiger charge is 2.09. The van der Waals surface area contributed by atoms with Gasteiger partial charge in [0.05, 0.1) is 7.05 Å². The van der Waals surface area contributed by atoms with Crippen molar-refractivity contribution in [3.8, 4) is 22.6 Å². The number of benzene rings is 1. The lowest BCUT2D eigenvalue weighted by Crippen LogP contribution is -1.93. The van der Waals surface area contributed by atoms with Gasteiger partial charge < -0.3 is 0 Å². The minimum Gasteiger partial charge on any atom is -0.252 e. The third kappa shape index (κ3) is 2.27. The number of aryl methyl sites for hydroxylation is 2. The second kappa shape index (κ2) is 4.80. The Balaban J connectivity index is 1.97. The van der Waals surface area contributed by atoms with Gasteiger partial charge in [0, 0.05) is 17.3 Å². The summed E-state index contributed by atoms with van der Waals surface area (Å²) < 4.78 is 13.9. The molecule has 2 heterocycles. The topological polar surface area (TPSA) is 56.5 Å². The van der Waals surface area contributed by atoms with Crippen molar-refractivity contribution >= 4 is 0 Å². The summed E-state index contributed by atoms with van der Waals surface area (Å²) >= 11 is 0. The molecule has 0 aliphatic carbocycles. The lowest BCUT2D eigenvalue weighted by atomic mass is 10.0. The van der Waals surface area contributed by atoms with Gasteiger partial charge in [-0.15, -0.1) is 10.2 Å². The Hall–Kier alpha value is -2.63. The predicted octanol–water partition coefficient (Wildman–Crippen LogP) is 2.39. The van der Waals surface area contributed by atoms with Gasteiger partial charge in [0.1, 0.15) is 11.5 Å². The van der Waals surface area contributed by atoms with Crippen molar-refractivity contribution in [3.05, 3.63) is 47.9 Å². The molecule has 0 N–H and O–H groups in total. The molecule has 0 fully saturated rings. The van der Waals surface area contributed by atoms with Gasteiger partial charge in [-0.05, 0) is 29.8 Å². The highest BCUT2D eigenvalue weighted by Crippen LogP contribution is 2.24. The summed E-state index contributed by atoms with van der Waals surface area (Å²) in [6, 6.07) is 8.68. The maximum Gasteiger partial charge on any atom is 0.223 e. The molecular weight excluding hydrogens is 257 g/mol. The van der Waals surface area contributed by atoms with Crippen molar-refractivity contribution < 1.29 is 4.39 Å². The molecule has 0 unspecified atom stereocenters. The second-order valence-electron chi connectivity index (χ2n) is 4.52. The molecular formula is C14H12FN5. The van der Waals surface area contributed by atoms with Crippen LogP contribution >= 0.6 is 0 Å². The SMILES string of the molecule is Cc1ccc(-c2ccc(-c3nnn(C)n3)nc2)c(F)c1. The quantitative estimate of drug-likeness (QED) is 0.716. The molecule has 0 atom stereocenters. The number of rotatable bonds is 2. The molecule has 5 nitrogen and oxygen atoms in total. The molecule has 2 aromatic heterocycles. The Morgan fingerprint density at radius 2 is 2.00 bits per heavy atom. The summed E-state index contributed by atoms with van der Waals surface area (Å²) in [7, 11) is 1.69. The van der Waals surface area contributed by atoms with Crippen LogP contribution in [-0.4, -0.2) is 25.2 Å². The molecule has 0 saturated carbocycles. The van der Waals surface area contributed by atoms with Crippen LogP contribution in [0.4, 0.5) is 4.39 Å². The smallest absolute Gasteiger partial charge is 0.223 e. The van der Waals surface area contributed by atoms with Crippen molar-refractivity contribution in [2.75, 3.05) is 0 Å². The van der Waals surface area contributed by atoms with E-state index >= 15 is 0 Å². The zero-order valence-electron chi connectivity index (χ0n) is 11.1. The Labute approximate surface area is 115 Å². The highest BCUT2D eigenvalue weighted by atomic mass is 19.1. The molecule has 20 heavy (non-hydrogen) atoms. The Morgan fingerprint density at radius 1 is 1.15 bits per heavy atom. The average Bonchev–Trinajstić information content (AvgIpc) is 2.86. The van der Waals surface area contributed by atoms with Gasteiger partial charge in [0.2, 0.25) is 5.82 Å². The molecule has 0 aliphatic rings. The van der Waals surface area contributed by atoms with Gasteiger partial charge >= 0.3 is 0 Å². The first-order valence-corrected chi connectivity index (χ1v) is 6.10. The van der Waals surface area contributed by atoms with Gasteiger partial charge in [-0.25, -0.2) is 4.39 Å². The van der Waals surface area contributed by atoms with Gasteiger partial charge in [-0.2, -0.15) is 4.80 Å². The number of hydrogen-bond acceptors (Lipinski definition) is 4. The normalized spacial score (nSPS) is 10.8. The molecule has 3 rings (SSSR count). The van der Waals surface area contributed by atoms with Crippen LogP contribution in [0.15, 0.2) is 36.5 Å². The van der Waals surface area contributed by atoms with E-state index in [1.807, 2.05) is 13.0 Å². The van der Waals surface area contributed by atoms with E-state index in [0.717, 1.165) is 11.1 Å². The lowest BCUT2D eigenvalue weighted by molar-refractivity contribution is 0.630. The molecule has 0 amide bonds. The summed E-state index contributed by atoms with van der Waals surface area (Å²) in [5.41, 5.74) is 2.74. The van der Waals surface area contributed by atoms with Gasteiger partial charge in [-0.3, -0.25) is 4.98 Å². The van der Waals surface area contributed by atoms with Crippen molar-refractivity contribution in [3.63, 3.8) is 0 Å². The maximum atomic E-state index is 13.9. The van der Waals surface area contributed by atoms with Crippen molar-refractivity contribution in [1.82, 2.24) is 25.2 Å². The Kier molecular flexibility index (Phi) is 2.98. The summed E-state index contributed by atoms with van der Waals surface area (Å²) in [5.74, 6) is 0.195. The van der Waals surface area contributed by atoms with Crippen LogP contribution in [0.2, 0.25) is 0 Å². The van der Waals surface area contributed by atoms with Gasteiger partial charge in [0.15, 0.2) is 0 Å². The number of tetrazole rings is 1. The first-order chi connectivity index (χ1) is 9.63. The van der Waals surface area contributed by atoms with Crippen molar-refractivity contribution in [2.24, 2.45) is 7.05 Å². The largest absolute Gasteiger partial charge is 0.252 e.